The number of aliphatic hydroxyl groups excluding tert-OH is 1. The van der Waals surface area contributed by atoms with Crippen LogP contribution in [-0.2, 0) is 9.59 Å². The van der Waals surface area contributed by atoms with E-state index >= 15 is 0 Å². The maximum Gasteiger partial charge on any atom is 0.301 e. The summed E-state index contributed by atoms with van der Waals surface area (Å²) in [4.78, 5) is 32.6. The molecule has 8 nitrogen and oxygen atoms in total. The lowest BCUT2D eigenvalue weighted by Crippen LogP contribution is -2.29. The number of nitrogens with zero attached hydrogens (tertiary/aromatic N) is 2. The van der Waals surface area contributed by atoms with Crippen LogP contribution in [0.15, 0.2) is 66.2 Å². The molecule has 0 aliphatic carbocycles. The van der Waals surface area contributed by atoms with Crippen molar-refractivity contribution < 1.29 is 29.3 Å². The number of aryl methyl sites for hydroxylation is 1. The van der Waals surface area contributed by atoms with Crippen LogP contribution in [0.3, 0.4) is 0 Å². The van der Waals surface area contributed by atoms with E-state index in [1.807, 2.05) is 13.0 Å². The molecule has 1 saturated heterocycles. The largest absolute Gasteiger partial charge is 0.508 e. The summed E-state index contributed by atoms with van der Waals surface area (Å²) in [7, 11) is 3.11. The number of benzene rings is 3. The van der Waals surface area contributed by atoms with Crippen LogP contribution in [0.4, 0.5) is 5.13 Å². The van der Waals surface area contributed by atoms with Crippen molar-refractivity contribution in [2.45, 2.75) is 13.0 Å². The molecule has 1 amide bonds. The Morgan fingerprint density at radius 2 is 1.75 bits per heavy atom. The summed E-state index contributed by atoms with van der Waals surface area (Å²) in [5.41, 5.74) is 2.26. The third kappa shape index (κ3) is 3.83. The molecule has 2 N–H and O–H groups in total. The number of methoxy groups -OCH3 is 2. The Balaban J connectivity index is 1.71. The first-order valence-corrected chi connectivity index (χ1v) is 11.8. The second kappa shape index (κ2) is 9.01. The minimum Gasteiger partial charge on any atom is -0.508 e. The van der Waals surface area contributed by atoms with Crippen LogP contribution >= 0.6 is 11.3 Å². The Hall–Kier alpha value is -4.37. The number of Topliss-reactive ketones (excluding diaryl/α,β-unsaturated/α-hetero) is 1. The molecule has 2 heterocycles. The van der Waals surface area contributed by atoms with E-state index in [1.54, 1.807) is 56.7 Å². The standard InChI is InChI=1S/C27H22N2O6S/c1-14-12-16(6-11-20(14)35-3)24(31)22-23(15-4-7-17(30)8-5-15)29(26(33)25(22)32)27-28-19-10-9-18(34-2)13-21(19)36-27/h4-13,23,30-31H,1-3H3/b24-22+. The zero-order valence-electron chi connectivity index (χ0n) is 19.7. The van der Waals surface area contributed by atoms with Crippen molar-refractivity contribution in [1.82, 2.24) is 4.98 Å². The van der Waals surface area contributed by atoms with E-state index in [0.717, 1.165) is 10.3 Å². The number of hydrogen-bond donors (Lipinski definition) is 2. The van der Waals surface area contributed by atoms with E-state index in [9.17, 15) is 19.8 Å². The Labute approximate surface area is 210 Å². The second-order valence-corrected chi connectivity index (χ2v) is 9.28. The number of amides is 1. The van der Waals surface area contributed by atoms with Gasteiger partial charge >= 0.3 is 5.91 Å². The number of ether oxygens (including phenoxy) is 2. The molecule has 4 aromatic rings. The monoisotopic (exact) mass is 502 g/mol. The van der Waals surface area contributed by atoms with E-state index < -0.39 is 17.7 Å². The smallest absolute Gasteiger partial charge is 0.301 e. The van der Waals surface area contributed by atoms with Gasteiger partial charge in [0.15, 0.2) is 5.13 Å². The molecule has 0 saturated carbocycles. The molecular formula is C27H22N2O6S. The van der Waals surface area contributed by atoms with Gasteiger partial charge in [0, 0.05) is 5.56 Å². The van der Waals surface area contributed by atoms with E-state index in [1.165, 1.54) is 28.4 Å². The summed E-state index contributed by atoms with van der Waals surface area (Å²) in [5, 5.41) is 21.4. The van der Waals surface area contributed by atoms with E-state index in [0.29, 0.717) is 33.3 Å². The first-order chi connectivity index (χ1) is 17.3. The zero-order valence-corrected chi connectivity index (χ0v) is 20.5. The number of aromatic hydroxyl groups is 1. The number of aliphatic hydroxyl groups is 1. The van der Waals surface area contributed by atoms with E-state index in [2.05, 4.69) is 4.98 Å². The van der Waals surface area contributed by atoms with Gasteiger partial charge in [-0.3, -0.25) is 14.5 Å². The number of ketones is 1. The lowest BCUT2D eigenvalue weighted by Gasteiger charge is -2.23. The van der Waals surface area contributed by atoms with Crippen molar-refractivity contribution in [3.8, 4) is 17.2 Å². The molecule has 0 bridgehead atoms. The van der Waals surface area contributed by atoms with Crippen molar-refractivity contribution in [1.29, 1.82) is 0 Å². The van der Waals surface area contributed by atoms with Gasteiger partial charge in [0.25, 0.3) is 5.78 Å². The summed E-state index contributed by atoms with van der Waals surface area (Å²) >= 11 is 1.24. The molecule has 182 valence electrons. The van der Waals surface area contributed by atoms with Crippen molar-refractivity contribution in [3.63, 3.8) is 0 Å². The summed E-state index contributed by atoms with van der Waals surface area (Å²) in [6, 6.07) is 15.6. The van der Waals surface area contributed by atoms with Crippen LogP contribution < -0.4 is 14.4 Å². The number of aromatic nitrogens is 1. The average Bonchev–Trinajstić information content (AvgIpc) is 3.41. The molecule has 9 heteroatoms. The van der Waals surface area contributed by atoms with Crippen LogP contribution in [0.1, 0.15) is 22.7 Å². The first-order valence-electron chi connectivity index (χ1n) is 11.0. The maximum atomic E-state index is 13.4. The Kier molecular flexibility index (Phi) is 5.85. The van der Waals surface area contributed by atoms with Crippen LogP contribution in [-0.4, -0.2) is 41.1 Å². The normalized spacial score (nSPS) is 17.1. The molecule has 5 rings (SSSR count). The molecule has 1 unspecified atom stereocenters. The van der Waals surface area contributed by atoms with Crippen LogP contribution in [0.25, 0.3) is 16.0 Å². The Morgan fingerprint density at radius 3 is 2.42 bits per heavy atom. The molecule has 1 atom stereocenters. The highest BCUT2D eigenvalue weighted by Gasteiger charge is 2.48. The Morgan fingerprint density at radius 1 is 1.00 bits per heavy atom. The predicted molar refractivity (Wildman–Crippen MR) is 137 cm³/mol. The summed E-state index contributed by atoms with van der Waals surface area (Å²) in [6.07, 6.45) is 0. The fourth-order valence-electron chi connectivity index (χ4n) is 4.31. The number of carbonyl (C=O) groups is 2. The SMILES string of the molecule is COc1ccc2nc(N3C(=O)C(=O)/C(=C(/O)c4ccc(OC)c(C)c4)C3c3ccc(O)cc3)sc2c1. The summed E-state index contributed by atoms with van der Waals surface area (Å²) < 4.78 is 11.4. The fourth-order valence-corrected chi connectivity index (χ4v) is 5.33. The molecule has 0 spiro atoms. The van der Waals surface area contributed by atoms with Crippen molar-refractivity contribution in [2.75, 3.05) is 19.1 Å². The number of anilines is 1. The summed E-state index contributed by atoms with van der Waals surface area (Å²) in [6.45, 7) is 1.82. The predicted octanol–water partition coefficient (Wildman–Crippen LogP) is 4.95. The number of rotatable bonds is 5. The molecule has 1 aliphatic rings. The Bertz CT molecular complexity index is 1540. The quantitative estimate of drug-likeness (QED) is 0.226. The fraction of sp³-hybridized carbons (Fsp3) is 0.148. The minimum atomic E-state index is -0.949. The van der Waals surface area contributed by atoms with Gasteiger partial charge in [-0.15, -0.1) is 0 Å². The molecule has 3 aromatic carbocycles. The van der Waals surface area contributed by atoms with E-state index in [4.69, 9.17) is 9.47 Å². The number of carbonyl (C=O) groups excluding carboxylic acids is 2. The number of phenolic OH excluding ortho intramolecular Hbond substituents is 1. The van der Waals surface area contributed by atoms with Gasteiger partial charge < -0.3 is 19.7 Å². The van der Waals surface area contributed by atoms with Crippen LogP contribution in [0.5, 0.6) is 17.2 Å². The third-order valence-corrected chi connectivity index (χ3v) is 7.13. The second-order valence-electron chi connectivity index (χ2n) is 8.28. The van der Waals surface area contributed by atoms with Gasteiger partial charge in [0.05, 0.1) is 36.1 Å². The molecule has 36 heavy (non-hydrogen) atoms. The number of fused-ring (bicyclic) bond motifs is 1. The van der Waals surface area contributed by atoms with Crippen molar-refractivity contribution >= 4 is 44.1 Å². The van der Waals surface area contributed by atoms with Crippen molar-refractivity contribution in [2.24, 2.45) is 0 Å². The molecule has 1 fully saturated rings. The number of hydrogen-bond acceptors (Lipinski definition) is 8. The lowest BCUT2D eigenvalue weighted by molar-refractivity contribution is -0.132. The van der Waals surface area contributed by atoms with Gasteiger partial charge in [-0.05, 0) is 66.6 Å². The van der Waals surface area contributed by atoms with Gasteiger partial charge in [-0.25, -0.2) is 4.98 Å². The van der Waals surface area contributed by atoms with E-state index in [-0.39, 0.29) is 17.1 Å². The zero-order chi connectivity index (χ0) is 25.6. The highest BCUT2D eigenvalue weighted by Crippen LogP contribution is 2.45. The number of phenols is 1. The molecule has 0 radical (unpaired) electrons. The first kappa shape index (κ1) is 23.4. The topological polar surface area (TPSA) is 109 Å². The highest BCUT2D eigenvalue weighted by atomic mass is 32.1. The molecule has 1 aromatic heterocycles. The highest BCUT2D eigenvalue weighted by molar-refractivity contribution is 7.22. The molecular weight excluding hydrogens is 480 g/mol. The van der Waals surface area contributed by atoms with Crippen molar-refractivity contribution in [3.05, 3.63) is 82.9 Å². The maximum absolute atomic E-state index is 13.4. The molecule has 1 aliphatic heterocycles. The third-order valence-electron chi connectivity index (χ3n) is 6.11. The van der Waals surface area contributed by atoms with Crippen LogP contribution in [0, 0.1) is 6.92 Å². The van der Waals surface area contributed by atoms with Gasteiger partial charge in [0.1, 0.15) is 23.0 Å². The average molecular weight is 503 g/mol. The lowest BCUT2D eigenvalue weighted by atomic mass is 9.95. The van der Waals surface area contributed by atoms with Gasteiger partial charge in [0.2, 0.25) is 0 Å². The minimum absolute atomic E-state index is 0.0357. The van der Waals surface area contributed by atoms with Crippen LogP contribution in [0.2, 0.25) is 0 Å². The van der Waals surface area contributed by atoms with Gasteiger partial charge in [-0.1, -0.05) is 23.5 Å². The van der Waals surface area contributed by atoms with Gasteiger partial charge in [-0.2, -0.15) is 0 Å². The summed E-state index contributed by atoms with van der Waals surface area (Å²) in [5.74, 6) is -0.616. The number of thiazole rings is 1.